The summed E-state index contributed by atoms with van der Waals surface area (Å²) in [4.78, 5) is 58.6. The van der Waals surface area contributed by atoms with E-state index in [4.69, 9.17) is 0 Å². The number of aliphatic carboxylic acids is 2. The van der Waals surface area contributed by atoms with E-state index in [-0.39, 0.29) is 36.7 Å². The number of carboxylic acids is 2. The van der Waals surface area contributed by atoms with E-state index in [1.54, 1.807) is 0 Å². The molecule has 40 heavy (non-hydrogen) atoms. The molecular formula is C30H24N4O6-2. The predicted molar refractivity (Wildman–Crippen MR) is 138 cm³/mol. The third-order valence-corrected chi connectivity index (χ3v) is 9.40. The maximum absolute atomic E-state index is 12.5. The molecule has 0 aliphatic carbocycles. The summed E-state index contributed by atoms with van der Waals surface area (Å²) >= 11 is 0. The van der Waals surface area contributed by atoms with Crippen molar-refractivity contribution in [3.05, 3.63) is 58.9 Å². The highest BCUT2D eigenvalue weighted by Crippen LogP contribution is 2.45. The monoisotopic (exact) mass is 536 g/mol. The molecule has 4 aromatic rings. The topological polar surface area (TPSA) is 152 Å². The average molecular weight is 537 g/mol. The van der Waals surface area contributed by atoms with E-state index < -0.39 is 24.0 Å². The van der Waals surface area contributed by atoms with E-state index in [1.807, 2.05) is 36.4 Å². The van der Waals surface area contributed by atoms with Crippen molar-refractivity contribution < 1.29 is 29.4 Å². The first-order valence-electron chi connectivity index (χ1n) is 13.6. The van der Waals surface area contributed by atoms with Crippen molar-refractivity contribution in [2.45, 2.75) is 62.7 Å². The molecule has 2 amide bonds. The minimum atomic E-state index is -1.23. The molecule has 0 spiro atoms. The molecule has 2 saturated heterocycles. The van der Waals surface area contributed by atoms with Crippen molar-refractivity contribution in [3.63, 3.8) is 0 Å². The van der Waals surface area contributed by atoms with E-state index in [9.17, 15) is 29.4 Å². The van der Waals surface area contributed by atoms with Crippen LogP contribution in [0.4, 0.5) is 0 Å². The zero-order chi connectivity index (χ0) is 27.4. The lowest BCUT2D eigenvalue weighted by molar-refractivity contribution is -0.313. The van der Waals surface area contributed by atoms with Crippen LogP contribution in [0.15, 0.2) is 36.4 Å². The summed E-state index contributed by atoms with van der Waals surface area (Å²) in [6.45, 7) is 0. The van der Waals surface area contributed by atoms with Crippen LogP contribution in [-0.4, -0.2) is 55.6 Å². The Hall–Kier alpha value is -4.60. The highest BCUT2D eigenvalue weighted by molar-refractivity contribution is 5.95. The summed E-state index contributed by atoms with van der Waals surface area (Å²) < 4.78 is 0. The number of carbonyl (C=O) groups is 4. The zero-order valence-corrected chi connectivity index (χ0v) is 21.4. The first-order chi connectivity index (χ1) is 19.3. The molecule has 6 heterocycles. The van der Waals surface area contributed by atoms with Crippen LogP contribution in [0, 0.1) is 0 Å². The van der Waals surface area contributed by atoms with Crippen molar-refractivity contribution in [2.75, 3.05) is 0 Å². The zero-order valence-electron chi connectivity index (χ0n) is 21.4. The fraction of sp³-hybridized carbons (Fsp3) is 0.333. The number of aromatic nitrogens is 2. The van der Waals surface area contributed by atoms with Gasteiger partial charge in [-0.1, -0.05) is 24.3 Å². The largest absolute Gasteiger partial charge is 0.548 e. The SMILES string of the molecule is O=C([O-])[C@H]1Cc2c([nH]c3cc(-c4ccc5c6c([nH]c5c4)[C@@H]4CCC(=O)N4[C@H](C(=O)[O-])C6)ccc23)[C@H]2CCC(=O)N12. The second-order valence-corrected chi connectivity index (χ2v) is 11.3. The van der Waals surface area contributed by atoms with Crippen LogP contribution in [0.25, 0.3) is 32.9 Å². The summed E-state index contributed by atoms with van der Waals surface area (Å²) in [5, 5.41) is 25.7. The van der Waals surface area contributed by atoms with Gasteiger partial charge in [-0.3, -0.25) is 9.59 Å². The molecule has 2 aromatic heterocycles. The van der Waals surface area contributed by atoms with Crippen LogP contribution >= 0.6 is 0 Å². The van der Waals surface area contributed by atoms with Crippen molar-refractivity contribution in [1.82, 2.24) is 19.8 Å². The van der Waals surface area contributed by atoms with Crippen LogP contribution in [0.5, 0.6) is 0 Å². The Morgan fingerprint density at radius 2 is 1.12 bits per heavy atom. The van der Waals surface area contributed by atoms with Crippen molar-refractivity contribution in [1.29, 1.82) is 0 Å². The fourth-order valence-corrected chi connectivity index (χ4v) is 7.65. The smallest absolute Gasteiger partial charge is 0.223 e. The summed E-state index contributed by atoms with van der Waals surface area (Å²) in [5.41, 5.74) is 7.34. The number of amides is 2. The Morgan fingerprint density at radius 1 is 0.700 bits per heavy atom. The Bertz CT molecular complexity index is 1690. The van der Waals surface area contributed by atoms with Crippen LogP contribution in [0.2, 0.25) is 0 Å². The third kappa shape index (κ3) is 3.04. The Morgan fingerprint density at radius 3 is 1.52 bits per heavy atom. The number of hydrogen-bond donors (Lipinski definition) is 2. The molecule has 0 bridgehead atoms. The third-order valence-electron chi connectivity index (χ3n) is 9.40. The molecule has 4 aliphatic rings. The Balaban J connectivity index is 1.19. The molecule has 2 aromatic carbocycles. The van der Waals surface area contributed by atoms with Gasteiger partial charge in [-0.25, -0.2) is 0 Å². The lowest BCUT2D eigenvalue weighted by Crippen LogP contribution is -2.52. The number of H-pyrrole nitrogens is 2. The van der Waals surface area contributed by atoms with Gasteiger partial charge in [0.25, 0.3) is 0 Å². The maximum Gasteiger partial charge on any atom is 0.223 e. The molecule has 0 radical (unpaired) electrons. The highest BCUT2D eigenvalue weighted by atomic mass is 16.4. The van der Waals surface area contributed by atoms with Gasteiger partial charge in [0.1, 0.15) is 0 Å². The molecule has 4 atom stereocenters. The summed E-state index contributed by atoms with van der Waals surface area (Å²) in [6.07, 6.45) is 2.23. The second kappa shape index (κ2) is 7.97. The van der Waals surface area contributed by atoms with Crippen LogP contribution in [0.1, 0.15) is 60.3 Å². The van der Waals surface area contributed by atoms with Crippen LogP contribution in [-0.2, 0) is 32.0 Å². The molecule has 0 saturated carbocycles. The molecule has 10 nitrogen and oxygen atoms in total. The lowest BCUT2D eigenvalue weighted by Gasteiger charge is -2.38. The van der Waals surface area contributed by atoms with Crippen LogP contribution < -0.4 is 10.2 Å². The molecule has 202 valence electrons. The molecule has 8 rings (SSSR count). The van der Waals surface area contributed by atoms with Gasteiger partial charge in [0.05, 0.1) is 36.1 Å². The normalized spacial score (nSPS) is 25.3. The number of nitrogens with zero attached hydrogens (tertiary/aromatic N) is 2. The van der Waals surface area contributed by atoms with Gasteiger partial charge in [0.2, 0.25) is 11.8 Å². The van der Waals surface area contributed by atoms with Gasteiger partial charge in [0.15, 0.2) is 0 Å². The van der Waals surface area contributed by atoms with E-state index >= 15 is 0 Å². The van der Waals surface area contributed by atoms with Crippen molar-refractivity contribution in [3.8, 4) is 11.1 Å². The minimum absolute atomic E-state index is 0.151. The van der Waals surface area contributed by atoms with Gasteiger partial charge in [-0.15, -0.1) is 0 Å². The lowest BCUT2D eigenvalue weighted by atomic mass is 9.91. The first kappa shape index (κ1) is 23.3. The Labute approximate surface area is 227 Å². The second-order valence-electron chi connectivity index (χ2n) is 11.3. The minimum Gasteiger partial charge on any atom is -0.548 e. The van der Waals surface area contributed by atoms with E-state index in [0.29, 0.717) is 25.7 Å². The molecule has 4 aliphatic heterocycles. The van der Waals surface area contributed by atoms with E-state index in [1.165, 1.54) is 9.80 Å². The van der Waals surface area contributed by atoms with Crippen molar-refractivity contribution in [2.24, 2.45) is 0 Å². The van der Waals surface area contributed by atoms with Gasteiger partial charge in [-0.2, -0.15) is 0 Å². The highest BCUT2D eigenvalue weighted by Gasteiger charge is 2.45. The number of carboxylic acid groups (broad SMARTS) is 2. The number of nitrogens with one attached hydrogen (secondary N) is 2. The van der Waals surface area contributed by atoms with Gasteiger partial charge in [0, 0.05) is 58.9 Å². The fourth-order valence-electron chi connectivity index (χ4n) is 7.65. The number of fused-ring (bicyclic) bond motifs is 10. The van der Waals surface area contributed by atoms with Gasteiger partial charge in [-0.05, 0) is 47.2 Å². The number of benzene rings is 2. The number of hydrogen-bond acceptors (Lipinski definition) is 6. The van der Waals surface area contributed by atoms with Gasteiger partial charge < -0.3 is 39.6 Å². The summed E-state index contributed by atoms with van der Waals surface area (Å²) in [5.74, 6) is -2.76. The molecule has 2 fully saturated rings. The van der Waals surface area contributed by atoms with E-state index in [0.717, 1.165) is 55.4 Å². The summed E-state index contributed by atoms with van der Waals surface area (Å²) in [6, 6.07) is 9.57. The van der Waals surface area contributed by atoms with E-state index in [2.05, 4.69) is 9.97 Å². The van der Waals surface area contributed by atoms with Crippen molar-refractivity contribution >= 4 is 45.6 Å². The molecule has 2 N–H and O–H groups in total. The standard InChI is InChI=1S/C30H26N4O6/c35-25-7-5-21-27-17(11-23(29(37)38)33(21)25)15-3-1-13(9-19(15)31-27)14-2-4-16-18-12-24(30(39)40)34-22(6-8-26(34)36)28(18)32-20(16)10-14/h1-4,9-10,21-24,31-32H,5-8,11-12H2,(H,37,38)(H,39,40)/p-2/t21-,22+,23-,24+. The molecule has 0 unspecified atom stereocenters. The molecule has 10 heteroatoms. The Kier molecular flexibility index (Phi) is 4.64. The predicted octanol–water partition coefficient (Wildman–Crippen LogP) is 0.992. The number of rotatable bonds is 3. The van der Waals surface area contributed by atoms with Crippen LogP contribution in [0.3, 0.4) is 0 Å². The number of aromatic amines is 2. The summed E-state index contributed by atoms with van der Waals surface area (Å²) in [7, 11) is 0. The first-order valence-corrected chi connectivity index (χ1v) is 13.6. The maximum atomic E-state index is 12.5. The van der Waals surface area contributed by atoms with Gasteiger partial charge >= 0.3 is 0 Å². The number of carbonyl (C=O) groups excluding carboxylic acids is 4. The molecular weight excluding hydrogens is 512 g/mol. The quantitative estimate of drug-likeness (QED) is 0.398. The average Bonchev–Trinajstić information content (AvgIpc) is 3.70.